The van der Waals surface area contributed by atoms with E-state index >= 15 is 0 Å². The molecule has 120 valence electrons. The summed E-state index contributed by atoms with van der Waals surface area (Å²) in [6.07, 6.45) is 3.14. The minimum atomic E-state index is -0.219. The van der Waals surface area contributed by atoms with Crippen molar-refractivity contribution in [2.45, 2.75) is 12.5 Å². The molecule has 0 fully saturated rings. The number of amides is 1. The van der Waals surface area contributed by atoms with Crippen molar-refractivity contribution in [3.63, 3.8) is 0 Å². The number of aromatic nitrogens is 3. The zero-order chi connectivity index (χ0) is 16.5. The van der Waals surface area contributed by atoms with E-state index in [2.05, 4.69) is 27.1 Å². The van der Waals surface area contributed by atoms with E-state index in [0.717, 1.165) is 17.0 Å². The largest absolute Gasteiger partial charge is 0.347 e. The van der Waals surface area contributed by atoms with Crippen molar-refractivity contribution in [1.29, 1.82) is 0 Å². The van der Waals surface area contributed by atoms with Crippen LogP contribution in [0.5, 0.6) is 0 Å². The Bertz CT molecular complexity index is 909. The second-order valence-electron chi connectivity index (χ2n) is 5.86. The van der Waals surface area contributed by atoms with Crippen LogP contribution < -0.4 is 5.56 Å². The second-order valence-corrected chi connectivity index (χ2v) is 5.86. The van der Waals surface area contributed by atoms with Crippen LogP contribution in [-0.2, 0) is 6.54 Å². The number of fused-ring (bicyclic) bond motifs is 1. The van der Waals surface area contributed by atoms with Gasteiger partial charge in [0.15, 0.2) is 0 Å². The van der Waals surface area contributed by atoms with E-state index in [1.54, 1.807) is 17.3 Å². The van der Waals surface area contributed by atoms with E-state index in [-0.39, 0.29) is 17.4 Å². The number of H-pyrrole nitrogens is 2. The average Bonchev–Trinajstić information content (AvgIpc) is 3.10. The molecule has 1 amide bonds. The van der Waals surface area contributed by atoms with Crippen LogP contribution >= 0.6 is 0 Å². The lowest BCUT2D eigenvalue weighted by Crippen LogP contribution is -2.39. The average molecular weight is 320 g/mol. The molecule has 0 saturated carbocycles. The maximum absolute atomic E-state index is 12.8. The number of pyridine rings is 1. The first-order valence-corrected chi connectivity index (χ1v) is 7.77. The number of nitrogens with zero attached hydrogens (tertiary/aromatic N) is 2. The van der Waals surface area contributed by atoms with Gasteiger partial charge >= 0.3 is 0 Å². The van der Waals surface area contributed by atoms with E-state index in [9.17, 15) is 9.59 Å². The van der Waals surface area contributed by atoms with Crippen LogP contribution in [0.1, 0.15) is 33.2 Å². The van der Waals surface area contributed by atoms with E-state index < -0.39 is 0 Å². The minimum absolute atomic E-state index is 0.0351. The van der Waals surface area contributed by atoms with Crippen molar-refractivity contribution < 1.29 is 4.79 Å². The molecule has 1 atom stereocenters. The fraction of sp³-hybridized carbons (Fsp3) is 0.167. The van der Waals surface area contributed by atoms with E-state index in [1.807, 2.05) is 18.2 Å². The molecule has 6 nitrogen and oxygen atoms in total. The highest BCUT2D eigenvalue weighted by Gasteiger charge is 2.31. The van der Waals surface area contributed by atoms with Gasteiger partial charge in [-0.3, -0.25) is 9.59 Å². The Hall–Kier alpha value is -3.15. The molecule has 0 saturated heterocycles. The minimum Gasteiger partial charge on any atom is -0.347 e. The number of benzene rings is 1. The Kier molecular flexibility index (Phi) is 3.49. The smallest absolute Gasteiger partial charge is 0.255 e. The maximum Gasteiger partial charge on any atom is 0.255 e. The summed E-state index contributed by atoms with van der Waals surface area (Å²) in [5.41, 5.74) is 3.33. The number of hydrogen-bond donors (Lipinski definition) is 2. The number of imidazole rings is 1. The van der Waals surface area contributed by atoms with Crippen LogP contribution in [0.3, 0.4) is 0 Å². The van der Waals surface area contributed by atoms with E-state index in [0.29, 0.717) is 18.7 Å². The Morgan fingerprint density at radius 2 is 1.96 bits per heavy atom. The highest BCUT2D eigenvalue weighted by Crippen LogP contribution is 2.31. The van der Waals surface area contributed by atoms with Gasteiger partial charge in [-0.25, -0.2) is 4.98 Å². The number of carbonyl (C=O) groups excluding carboxylic acids is 1. The van der Waals surface area contributed by atoms with Crippen LogP contribution in [0.2, 0.25) is 0 Å². The Balaban J connectivity index is 1.68. The summed E-state index contributed by atoms with van der Waals surface area (Å²) in [5.74, 6) is -0.0691. The van der Waals surface area contributed by atoms with E-state index in [4.69, 9.17) is 0 Å². The lowest BCUT2D eigenvalue weighted by molar-refractivity contribution is 0.0721. The van der Waals surface area contributed by atoms with Crippen molar-refractivity contribution in [3.8, 4) is 0 Å². The van der Waals surface area contributed by atoms with Crippen molar-refractivity contribution in [3.05, 3.63) is 87.9 Å². The fourth-order valence-electron chi connectivity index (χ4n) is 3.15. The standard InChI is InChI=1S/C18H16N4O2/c23-16-7-6-13(8-19-16)18(24)22-9-14(12-4-2-1-3-5-12)17-15(10-22)20-11-21-17/h1-8,11,14H,9-10H2,(H,19,23)(H,20,21). The van der Waals surface area contributed by atoms with Crippen molar-refractivity contribution in [2.75, 3.05) is 6.54 Å². The second kappa shape index (κ2) is 5.81. The Labute approximate surface area is 138 Å². The molecule has 1 aliphatic heterocycles. The van der Waals surface area contributed by atoms with Crippen LogP contribution in [-0.4, -0.2) is 32.3 Å². The number of nitrogens with one attached hydrogen (secondary N) is 2. The predicted octanol–water partition coefficient (Wildman–Crippen LogP) is 1.89. The van der Waals surface area contributed by atoms with Gasteiger partial charge in [-0.05, 0) is 11.6 Å². The Morgan fingerprint density at radius 1 is 1.12 bits per heavy atom. The molecular formula is C18H16N4O2. The molecule has 1 aliphatic rings. The van der Waals surface area contributed by atoms with Gasteiger partial charge in [0.05, 0.1) is 29.8 Å². The summed E-state index contributed by atoms with van der Waals surface area (Å²) in [5, 5.41) is 0. The molecule has 0 aliphatic carbocycles. The summed E-state index contributed by atoms with van der Waals surface area (Å²) in [6, 6.07) is 13.0. The van der Waals surface area contributed by atoms with Crippen molar-refractivity contribution in [1.82, 2.24) is 19.9 Å². The van der Waals surface area contributed by atoms with E-state index in [1.165, 1.54) is 12.3 Å². The number of rotatable bonds is 2. The van der Waals surface area contributed by atoms with Gasteiger partial charge in [0.2, 0.25) is 5.56 Å². The summed E-state index contributed by atoms with van der Waals surface area (Å²) in [6.45, 7) is 1.04. The normalized spacial score (nSPS) is 16.7. The number of aromatic amines is 2. The topological polar surface area (TPSA) is 81.9 Å². The van der Waals surface area contributed by atoms with Gasteiger partial charge in [-0.2, -0.15) is 0 Å². The first-order valence-electron chi connectivity index (χ1n) is 7.77. The third kappa shape index (κ3) is 2.52. The molecule has 2 aromatic heterocycles. The molecule has 24 heavy (non-hydrogen) atoms. The summed E-state index contributed by atoms with van der Waals surface area (Å²) < 4.78 is 0. The molecule has 6 heteroatoms. The molecule has 1 unspecified atom stereocenters. The first-order chi connectivity index (χ1) is 11.7. The van der Waals surface area contributed by atoms with Crippen molar-refractivity contribution in [2.24, 2.45) is 0 Å². The van der Waals surface area contributed by atoms with Gasteiger partial charge in [0.25, 0.3) is 5.91 Å². The van der Waals surface area contributed by atoms with Crippen LogP contribution in [0, 0.1) is 0 Å². The lowest BCUT2D eigenvalue weighted by Gasteiger charge is -2.32. The molecule has 1 aromatic carbocycles. The zero-order valence-corrected chi connectivity index (χ0v) is 12.9. The van der Waals surface area contributed by atoms with Gasteiger partial charge < -0.3 is 14.9 Å². The lowest BCUT2D eigenvalue weighted by atomic mass is 9.90. The first kappa shape index (κ1) is 14.4. The SMILES string of the molecule is O=C(c1ccc(=O)[nH]c1)N1Cc2[nH]cnc2C(c2ccccc2)C1. The molecule has 4 rings (SSSR count). The predicted molar refractivity (Wildman–Crippen MR) is 88.7 cm³/mol. The highest BCUT2D eigenvalue weighted by molar-refractivity contribution is 5.94. The number of hydrogen-bond acceptors (Lipinski definition) is 3. The zero-order valence-electron chi connectivity index (χ0n) is 12.9. The fourth-order valence-corrected chi connectivity index (χ4v) is 3.15. The maximum atomic E-state index is 12.8. The molecular weight excluding hydrogens is 304 g/mol. The highest BCUT2D eigenvalue weighted by atomic mass is 16.2. The van der Waals surface area contributed by atoms with Crippen LogP contribution in [0.4, 0.5) is 0 Å². The monoisotopic (exact) mass is 320 g/mol. The molecule has 3 heterocycles. The molecule has 0 bridgehead atoms. The molecule has 3 aromatic rings. The molecule has 2 N–H and O–H groups in total. The number of carbonyl (C=O) groups is 1. The van der Waals surface area contributed by atoms with Gasteiger partial charge in [0.1, 0.15) is 0 Å². The summed E-state index contributed by atoms with van der Waals surface area (Å²) in [4.78, 5) is 35.9. The Morgan fingerprint density at radius 3 is 2.71 bits per heavy atom. The third-order valence-electron chi connectivity index (χ3n) is 4.35. The van der Waals surface area contributed by atoms with Gasteiger partial charge in [0, 0.05) is 24.7 Å². The molecule has 0 spiro atoms. The van der Waals surface area contributed by atoms with Gasteiger partial charge in [-0.15, -0.1) is 0 Å². The third-order valence-corrected chi connectivity index (χ3v) is 4.35. The van der Waals surface area contributed by atoms with Gasteiger partial charge in [-0.1, -0.05) is 30.3 Å². The van der Waals surface area contributed by atoms with Crippen LogP contribution in [0.25, 0.3) is 0 Å². The summed E-state index contributed by atoms with van der Waals surface area (Å²) in [7, 11) is 0. The van der Waals surface area contributed by atoms with Crippen molar-refractivity contribution >= 4 is 5.91 Å². The molecule has 0 radical (unpaired) electrons. The van der Waals surface area contributed by atoms with Crippen LogP contribution in [0.15, 0.2) is 59.8 Å². The summed E-state index contributed by atoms with van der Waals surface area (Å²) >= 11 is 0. The quantitative estimate of drug-likeness (QED) is 0.756.